The van der Waals surface area contributed by atoms with Gasteiger partial charge in [0.25, 0.3) is 0 Å². The molecule has 5 heteroatoms. The number of nitrogens with one attached hydrogen (secondary N) is 1. The van der Waals surface area contributed by atoms with Gasteiger partial charge in [-0.1, -0.05) is 6.07 Å². The Hall–Kier alpha value is -2.14. The van der Waals surface area contributed by atoms with Crippen LogP contribution in [0.5, 0.6) is 0 Å². The molecular weight excluding hydrogens is 273 g/mol. The number of aromatic amines is 1. The van der Waals surface area contributed by atoms with Crippen LogP contribution in [0.4, 0.5) is 10.1 Å². The first-order chi connectivity index (χ1) is 9.58. The maximum Gasteiger partial charge on any atom is 0.182 e. The molecule has 0 bridgehead atoms. The van der Waals surface area contributed by atoms with Crippen molar-refractivity contribution in [2.75, 3.05) is 19.0 Å². The molecule has 0 unspecified atom stereocenters. The van der Waals surface area contributed by atoms with E-state index in [2.05, 4.69) is 4.98 Å². The number of aromatic nitrogens is 2. The van der Waals surface area contributed by atoms with Crippen LogP contribution < -0.4 is 4.90 Å². The molecule has 0 spiro atoms. The molecule has 3 nitrogen and oxygen atoms in total. The van der Waals surface area contributed by atoms with Gasteiger partial charge in [0.15, 0.2) is 4.77 Å². The van der Waals surface area contributed by atoms with Crippen molar-refractivity contribution in [3.05, 3.63) is 53.1 Å². The van der Waals surface area contributed by atoms with Gasteiger partial charge in [0.2, 0.25) is 0 Å². The van der Waals surface area contributed by atoms with Crippen LogP contribution in [0.3, 0.4) is 0 Å². The first-order valence-corrected chi connectivity index (χ1v) is 6.66. The molecule has 2 aromatic carbocycles. The lowest BCUT2D eigenvalue weighted by molar-refractivity contribution is 0.637. The Labute approximate surface area is 121 Å². The number of rotatable bonds is 2. The van der Waals surface area contributed by atoms with Crippen LogP contribution in [0.15, 0.2) is 42.5 Å². The van der Waals surface area contributed by atoms with Gasteiger partial charge in [-0.2, -0.15) is 0 Å². The van der Waals surface area contributed by atoms with Crippen molar-refractivity contribution in [3.8, 4) is 5.69 Å². The van der Waals surface area contributed by atoms with Crippen molar-refractivity contribution in [1.82, 2.24) is 9.55 Å². The quantitative estimate of drug-likeness (QED) is 0.723. The molecular formula is C15H14FN3S. The van der Waals surface area contributed by atoms with Crippen LogP contribution in [0.1, 0.15) is 0 Å². The molecule has 1 N–H and O–H groups in total. The molecule has 3 rings (SSSR count). The summed E-state index contributed by atoms with van der Waals surface area (Å²) in [6.07, 6.45) is 0. The van der Waals surface area contributed by atoms with Gasteiger partial charge in [-0.15, -0.1) is 0 Å². The zero-order valence-electron chi connectivity index (χ0n) is 11.2. The number of anilines is 1. The summed E-state index contributed by atoms with van der Waals surface area (Å²) in [4.78, 5) is 4.95. The van der Waals surface area contributed by atoms with Crippen molar-refractivity contribution in [1.29, 1.82) is 0 Å². The van der Waals surface area contributed by atoms with Crippen molar-refractivity contribution in [3.63, 3.8) is 0 Å². The molecule has 20 heavy (non-hydrogen) atoms. The summed E-state index contributed by atoms with van der Waals surface area (Å²) in [5.74, 6) is -0.294. The number of fused-ring (bicyclic) bond motifs is 1. The number of hydrogen-bond acceptors (Lipinski definition) is 2. The summed E-state index contributed by atoms with van der Waals surface area (Å²) in [6, 6.07) is 12.9. The number of H-pyrrole nitrogens is 1. The number of halogens is 1. The highest BCUT2D eigenvalue weighted by Crippen LogP contribution is 2.23. The normalized spacial score (nSPS) is 10.9. The SMILES string of the molecule is CN(C)c1ccc(-n2c(=S)[nH]c3c(F)cccc32)cc1. The van der Waals surface area contributed by atoms with Gasteiger partial charge in [0, 0.05) is 25.5 Å². The number of nitrogens with zero attached hydrogens (tertiary/aromatic N) is 2. The third-order valence-corrected chi connectivity index (χ3v) is 3.58. The van der Waals surface area contributed by atoms with Gasteiger partial charge < -0.3 is 9.88 Å². The Kier molecular flexibility index (Phi) is 3.06. The van der Waals surface area contributed by atoms with E-state index in [1.54, 1.807) is 6.07 Å². The number of para-hydroxylation sites is 1. The number of imidazole rings is 1. The van der Waals surface area contributed by atoms with Crippen LogP contribution in [0.2, 0.25) is 0 Å². The van der Waals surface area contributed by atoms with Gasteiger partial charge in [-0.25, -0.2) is 4.39 Å². The summed E-state index contributed by atoms with van der Waals surface area (Å²) in [6.45, 7) is 0. The average molecular weight is 287 g/mol. The zero-order chi connectivity index (χ0) is 14.3. The second kappa shape index (κ2) is 4.76. The maximum atomic E-state index is 13.8. The molecule has 0 saturated carbocycles. The van der Waals surface area contributed by atoms with E-state index in [-0.39, 0.29) is 5.82 Å². The van der Waals surface area contributed by atoms with Crippen LogP contribution in [-0.2, 0) is 0 Å². The van der Waals surface area contributed by atoms with E-state index in [0.717, 1.165) is 16.9 Å². The highest BCUT2D eigenvalue weighted by Gasteiger charge is 2.09. The molecule has 0 radical (unpaired) electrons. The predicted octanol–water partition coefficient (Wildman–Crippen LogP) is 3.89. The van der Waals surface area contributed by atoms with E-state index in [1.165, 1.54) is 6.07 Å². The van der Waals surface area contributed by atoms with E-state index < -0.39 is 0 Å². The van der Waals surface area contributed by atoms with Crippen LogP contribution in [0, 0.1) is 10.6 Å². The summed E-state index contributed by atoms with van der Waals surface area (Å²) < 4.78 is 16.1. The van der Waals surface area contributed by atoms with Crippen molar-refractivity contribution in [2.45, 2.75) is 0 Å². The summed E-state index contributed by atoms with van der Waals surface area (Å²) in [5, 5.41) is 0. The van der Waals surface area contributed by atoms with E-state index in [4.69, 9.17) is 12.2 Å². The largest absolute Gasteiger partial charge is 0.378 e. The molecule has 1 aromatic heterocycles. The lowest BCUT2D eigenvalue weighted by Crippen LogP contribution is -2.08. The fourth-order valence-electron chi connectivity index (χ4n) is 2.25. The van der Waals surface area contributed by atoms with Gasteiger partial charge in [0.1, 0.15) is 11.3 Å². The Balaban J connectivity index is 2.22. The summed E-state index contributed by atoms with van der Waals surface area (Å²) >= 11 is 5.31. The van der Waals surface area contributed by atoms with Crippen molar-refractivity contribution in [2.24, 2.45) is 0 Å². The predicted molar refractivity (Wildman–Crippen MR) is 82.7 cm³/mol. The Morgan fingerprint density at radius 3 is 2.45 bits per heavy atom. The zero-order valence-corrected chi connectivity index (χ0v) is 12.0. The molecule has 0 atom stereocenters. The fraction of sp³-hybridized carbons (Fsp3) is 0.133. The van der Waals surface area contributed by atoms with E-state index in [1.807, 2.05) is 53.9 Å². The van der Waals surface area contributed by atoms with Gasteiger partial charge >= 0.3 is 0 Å². The second-order valence-electron chi connectivity index (χ2n) is 4.81. The van der Waals surface area contributed by atoms with Gasteiger partial charge in [-0.3, -0.25) is 4.57 Å². The van der Waals surface area contributed by atoms with Crippen LogP contribution >= 0.6 is 12.2 Å². The minimum absolute atomic E-state index is 0.294. The minimum Gasteiger partial charge on any atom is -0.378 e. The Morgan fingerprint density at radius 2 is 1.80 bits per heavy atom. The van der Waals surface area contributed by atoms with Crippen LogP contribution in [-0.4, -0.2) is 23.6 Å². The minimum atomic E-state index is -0.294. The first kappa shape index (κ1) is 12.9. The Bertz CT molecular complexity index is 815. The van der Waals surface area contributed by atoms with E-state index >= 15 is 0 Å². The number of benzene rings is 2. The summed E-state index contributed by atoms with van der Waals surface area (Å²) in [5.41, 5.74) is 3.20. The third kappa shape index (κ3) is 2.00. The molecule has 0 saturated heterocycles. The Morgan fingerprint density at radius 1 is 1.10 bits per heavy atom. The second-order valence-corrected chi connectivity index (χ2v) is 5.20. The van der Waals surface area contributed by atoms with E-state index in [9.17, 15) is 4.39 Å². The topological polar surface area (TPSA) is 24.0 Å². The fourth-order valence-corrected chi connectivity index (χ4v) is 2.56. The molecule has 102 valence electrons. The first-order valence-electron chi connectivity index (χ1n) is 6.25. The van der Waals surface area contributed by atoms with Crippen molar-refractivity contribution >= 4 is 28.9 Å². The maximum absolute atomic E-state index is 13.8. The molecule has 0 aliphatic heterocycles. The average Bonchev–Trinajstić information content (AvgIpc) is 2.77. The molecule has 0 fully saturated rings. The third-order valence-electron chi connectivity index (χ3n) is 3.29. The molecule has 1 heterocycles. The highest BCUT2D eigenvalue weighted by molar-refractivity contribution is 7.71. The smallest absolute Gasteiger partial charge is 0.182 e. The van der Waals surface area contributed by atoms with Crippen molar-refractivity contribution < 1.29 is 4.39 Å². The lowest BCUT2D eigenvalue weighted by Gasteiger charge is -2.13. The monoisotopic (exact) mass is 287 g/mol. The highest BCUT2D eigenvalue weighted by atomic mass is 32.1. The molecule has 0 amide bonds. The van der Waals surface area contributed by atoms with Crippen LogP contribution in [0.25, 0.3) is 16.7 Å². The van der Waals surface area contributed by atoms with E-state index in [0.29, 0.717) is 10.3 Å². The molecule has 0 aliphatic rings. The molecule has 3 aromatic rings. The summed E-state index contributed by atoms with van der Waals surface area (Å²) in [7, 11) is 3.98. The van der Waals surface area contributed by atoms with Gasteiger partial charge in [0.05, 0.1) is 5.52 Å². The lowest BCUT2D eigenvalue weighted by atomic mass is 10.2. The standard InChI is InChI=1S/C15H14FN3S/c1-18(2)10-6-8-11(9-7-10)19-13-5-3-4-12(16)14(13)17-15(19)20/h3-9H,1-2H3,(H,17,20). The molecule has 0 aliphatic carbocycles. The number of hydrogen-bond donors (Lipinski definition) is 1. The van der Waals surface area contributed by atoms with Gasteiger partial charge in [-0.05, 0) is 48.6 Å².